The van der Waals surface area contributed by atoms with Crippen molar-refractivity contribution in [2.24, 2.45) is 0 Å². The maximum absolute atomic E-state index is 4.77. The van der Waals surface area contributed by atoms with Crippen LogP contribution in [0.1, 0.15) is 35.0 Å². The summed E-state index contributed by atoms with van der Waals surface area (Å²) in [7, 11) is 0. The summed E-state index contributed by atoms with van der Waals surface area (Å²) in [6.45, 7) is 4.02. The summed E-state index contributed by atoms with van der Waals surface area (Å²) in [6, 6.07) is 2.26. The number of nitrogens with zero attached hydrogens (tertiary/aromatic N) is 3. The number of hydrogen-bond donors (Lipinski definition) is 2. The van der Waals surface area contributed by atoms with Crippen LogP contribution in [0.4, 0.5) is 5.95 Å². The number of aryl methyl sites for hydroxylation is 1. The summed E-state index contributed by atoms with van der Waals surface area (Å²) < 4.78 is 0. The highest BCUT2D eigenvalue weighted by molar-refractivity contribution is 7.10. The number of fused-ring (bicyclic) bond motifs is 1. The predicted molar refractivity (Wildman–Crippen MR) is 80.6 cm³/mol. The molecule has 2 aliphatic rings. The molecule has 5 nitrogen and oxygen atoms in total. The van der Waals surface area contributed by atoms with Crippen LogP contribution in [-0.2, 0) is 6.42 Å². The van der Waals surface area contributed by atoms with E-state index in [0.717, 1.165) is 38.0 Å². The van der Waals surface area contributed by atoms with Crippen molar-refractivity contribution >= 4 is 17.3 Å². The lowest BCUT2D eigenvalue weighted by atomic mass is 9.87. The Morgan fingerprint density at radius 1 is 1.30 bits per heavy atom. The van der Waals surface area contributed by atoms with Gasteiger partial charge < -0.3 is 10.2 Å². The van der Waals surface area contributed by atoms with E-state index in [1.54, 1.807) is 0 Å². The standard InChI is InChI=1S/C14H19N5S/c1-2-11(10-4-9-20-12(10)3-1)13-16-14(18-17-13)19-7-5-15-6-8-19/h4,9,11,15H,1-3,5-8H2,(H,16,17,18). The molecule has 6 heteroatoms. The Labute approximate surface area is 122 Å². The van der Waals surface area contributed by atoms with Gasteiger partial charge in [-0.05, 0) is 36.3 Å². The third kappa shape index (κ3) is 2.13. The van der Waals surface area contributed by atoms with Crippen molar-refractivity contribution in [1.82, 2.24) is 20.5 Å². The van der Waals surface area contributed by atoms with Gasteiger partial charge in [-0.25, -0.2) is 0 Å². The van der Waals surface area contributed by atoms with Crippen molar-refractivity contribution in [1.29, 1.82) is 0 Å². The predicted octanol–water partition coefficient (Wildman–Crippen LogP) is 1.74. The average molecular weight is 289 g/mol. The highest BCUT2D eigenvalue weighted by Gasteiger charge is 2.26. The van der Waals surface area contributed by atoms with Crippen LogP contribution in [0, 0.1) is 0 Å². The summed E-state index contributed by atoms with van der Waals surface area (Å²) >= 11 is 1.88. The zero-order valence-electron chi connectivity index (χ0n) is 11.4. The number of aromatic nitrogens is 3. The quantitative estimate of drug-likeness (QED) is 0.884. The van der Waals surface area contributed by atoms with E-state index >= 15 is 0 Å². The van der Waals surface area contributed by atoms with Gasteiger partial charge in [0.05, 0.1) is 0 Å². The Hall–Kier alpha value is -1.40. The Balaban J connectivity index is 1.60. The molecular formula is C14H19N5S. The van der Waals surface area contributed by atoms with Crippen LogP contribution in [0.2, 0.25) is 0 Å². The van der Waals surface area contributed by atoms with Gasteiger partial charge in [-0.15, -0.1) is 16.4 Å². The van der Waals surface area contributed by atoms with Crippen LogP contribution < -0.4 is 10.2 Å². The first kappa shape index (κ1) is 12.3. The Bertz CT molecular complexity index is 584. The van der Waals surface area contributed by atoms with E-state index < -0.39 is 0 Å². The van der Waals surface area contributed by atoms with E-state index in [0.29, 0.717) is 5.92 Å². The maximum atomic E-state index is 4.77. The molecule has 106 valence electrons. The minimum atomic E-state index is 0.411. The molecule has 1 atom stereocenters. The molecule has 20 heavy (non-hydrogen) atoms. The lowest BCUT2D eigenvalue weighted by Crippen LogP contribution is -2.44. The summed E-state index contributed by atoms with van der Waals surface area (Å²) in [6.07, 6.45) is 3.66. The average Bonchev–Trinajstić information content (AvgIpc) is 3.17. The monoisotopic (exact) mass is 289 g/mol. The van der Waals surface area contributed by atoms with Crippen LogP contribution in [0.25, 0.3) is 0 Å². The van der Waals surface area contributed by atoms with Crippen molar-refractivity contribution in [3.8, 4) is 0 Å². The highest BCUT2D eigenvalue weighted by Crippen LogP contribution is 2.38. The van der Waals surface area contributed by atoms with Gasteiger partial charge in [0.25, 0.3) is 0 Å². The number of hydrogen-bond acceptors (Lipinski definition) is 5. The molecule has 0 bridgehead atoms. The normalized spacial score (nSPS) is 22.8. The van der Waals surface area contributed by atoms with Gasteiger partial charge in [-0.3, -0.25) is 5.10 Å². The minimum absolute atomic E-state index is 0.411. The Kier molecular flexibility index (Phi) is 3.20. The van der Waals surface area contributed by atoms with Gasteiger partial charge in [0.1, 0.15) is 5.82 Å². The van der Waals surface area contributed by atoms with E-state index in [4.69, 9.17) is 4.98 Å². The lowest BCUT2D eigenvalue weighted by Gasteiger charge is -2.26. The maximum Gasteiger partial charge on any atom is 0.244 e. The van der Waals surface area contributed by atoms with Gasteiger partial charge in [-0.2, -0.15) is 4.98 Å². The molecule has 0 spiro atoms. The fourth-order valence-electron chi connectivity index (χ4n) is 3.20. The smallest absolute Gasteiger partial charge is 0.244 e. The zero-order chi connectivity index (χ0) is 13.4. The third-order valence-corrected chi connectivity index (χ3v) is 5.27. The molecule has 2 N–H and O–H groups in total. The van der Waals surface area contributed by atoms with Gasteiger partial charge in [0.2, 0.25) is 5.95 Å². The molecule has 1 aliphatic carbocycles. The van der Waals surface area contributed by atoms with Crippen molar-refractivity contribution in [3.05, 3.63) is 27.7 Å². The van der Waals surface area contributed by atoms with E-state index in [2.05, 4.69) is 31.9 Å². The molecular weight excluding hydrogens is 270 g/mol. The summed E-state index contributed by atoms with van der Waals surface area (Å²) in [4.78, 5) is 8.56. The van der Waals surface area contributed by atoms with Gasteiger partial charge in [0, 0.05) is 37.0 Å². The van der Waals surface area contributed by atoms with E-state index in [-0.39, 0.29) is 0 Å². The summed E-state index contributed by atoms with van der Waals surface area (Å²) in [5, 5.41) is 13.2. The Morgan fingerprint density at radius 2 is 2.20 bits per heavy atom. The van der Waals surface area contributed by atoms with Crippen molar-refractivity contribution in [3.63, 3.8) is 0 Å². The number of thiophene rings is 1. The molecule has 3 heterocycles. The molecule has 0 aromatic carbocycles. The van der Waals surface area contributed by atoms with Gasteiger partial charge >= 0.3 is 0 Å². The number of H-pyrrole nitrogens is 1. The highest BCUT2D eigenvalue weighted by atomic mass is 32.1. The fraction of sp³-hybridized carbons (Fsp3) is 0.571. The Morgan fingerprint density at radius 3 is 3.10 bits per heavy atom. The number of rotatable bonds is 2. The third-order valence-electron chi connectivity index (χ3n) is 4.27. The van der Waals surface area contributed by atoms with Gasteiger partial charge in [0.15, 0.2) is 0 Å². The van der Waals surface area contributed by atoms with E-state index in [1.807, 2.05) is 11.3 Å². The zero-order valence-corrected chi connectivity index (χ0v) is 12.2. The molecule has 0 radical (unpaired) electrons. The van der Waals surface area contributed by atoms with Gasteiger partial charge in [-0.1, -0.05) is 0 Å². The second-order valence-electron chi connectivity index (χ2n) is 5.50. The molecule has 1 saturated heterocycles. The second kappa shape index (κ2) is 5.18. The van der Waals surface area contributed by atoms with Crippen LogP contribution in [-0.4, -0.2) is 41.4 Å². The minimum Gasteiger partial charge on any atom is -0.337 e. The molecule has 2 aromatic rings. The van der Waals surface area contributed by atoms with Crippen LogP contribution in [0.15, 0.2) is 11.4 Å². The van der Waals surface area contributed by atoms with Crippen LogP contribution in [0.5, 0.6) is 0 Å². The molecule has 0 amide bonds. The topological polar surface area (TPSA) is 56.8 Å². The van der Waals surface area contributed by atoms with E-state index in [1.165, 1.54) is 29.7 Å². The SMILES string of the molecule is c1cc2c(s1)CCCC2c1nc(N2CCNCC2)n[nH]1. The number of anilines is 1. The van der Waals surface area contributed by atoms with Crippen LogP contribution in [0.3, 0.4) is 0 Å². The molecule has 1 aliphatic heterocycles. The first-order valence-corrected chi connectivity index (χ1v) is 8.24. The first-order valence-electron chi connectivity index (χ1n) is 7.36. The lowest BCUT2D eigenvalue weighted by molar-refractivity contribution is 0.579. The molecule has 4 rings (SSSR count). The molecule has 1 fully saturated rings. The number of nitrogens with one attached hydrogen (secondary N) is 2. The number of aromatic amines is 1. The van der Waals surface area contributed by atoms with Crippen LogP contribution >= 0.6 is 11.3 Å². The first-order chi connectivity index (χ1) is 9.92. The van der Waals surface area contributed by atoms with Crippen molar-refractivity contribution in [2.45, 2.75) is 25.2 Å². The fourth-order valence-corrected chi connectivity index (χ4v) is 4.19. The summed E-state index contributed by atoms with van der Waals surface area (Å²) in [5.41, 5.74) is 1.46. The summed E-state index contributed by atoms with van der Waals surface area (Å²) in [5.74, 6) is 2.32. The molecule has 1 unspecified atom stereocenters. The van der Waals surface area contributed by atoms with Crippen molar-refractivity contribution < 1.29 is 0 Å². The largest absolute Gasteiger partial charge is 0.337 e. The van der Waals surface area contributed by atoms with Crippen molar-refractivity contribution in [2.75, 3.05) is 31.1 Å². The molecule has 2 aromatic heterocycles. The second-order valence-corrected chi connectivity index (χ2v) is 6.50. The number of piperazine rings is 1. The van der Waals surface area contributed by atoms with E-state index in [9.17, 15) is 0 Å². The molecule has 0 saturated carbocycles.